The number of carbonyl (C=O) groups excluding carboxylic acids is 1. The number of rotatable bonds is 5. The molecule has 22 heavy (non-hydrogen) atoms. The summed E-state index contributed by atoms with van der Waals surface area (Å²) in [5, 5.41) is 2.83. The quantitative estimate of drug-likeness (QED) is 0.864. The highest BCUT2D eigenvalue weighted by atomic mass is 35.5. The molecule has 124 valence electrons. The smallest absolute Gasteiger partial charge is 0.249 e. The third kappa shape index (κ3) is 4.32. The molecule has 1 amide bonds. The van der Waals surface area contributed by atoms with Crippen LogP contribution >= 0.6 is 12.4 Å². The number of amides is 1. The van der Waals surface area contributed by atoms with E-state index in [2.05, 4.69) is 5.32 Å². The lowest BCUT2D eigenvalue weighted by molar-refractivity contribution is -0.132. The predicted octanol–water partition coefficient (Wildman–Crippen LogP) is 1.94. The van der Waals surface area contributed by atoms with Crippen molar-refractivity contribution in [3.8, 4) is 5.75 Å². The number of benzene rings is 1. The second kappa shape index (κ2) is 8.31. The molecule has 0 aliphatic carbocycles. The number of carbonyl (C=O) groups is 1. The van der Waals surface area contributed by atoms with E-state index in [0.29, 0.717) is 24.3 Å². The van der Waals surface area contributed by atoms with Gasteiger partial charge in [-0.2, -0.15) is 0 Å². The Morgan fingerprint density at radius 2 is 2.27 bits per heavy atom. The Bertz CT molecular complexity index is 516. The molecule has 0 bridgehead atoms. The maximum Gasteiger partial charge on any atom is 0.249 e. The van der Waals surface area contributed by atoms with Crippen molar-refractivity contribution in [2.75, 3.05) is 13.7 Å². The van der Waals surface area contributed by atoms with Gasteiger partial charge < -0.3 is 20.5 Å². The van der Waals surface area contributed by atoms with E-state index in [1.807, 2.05) is 0 Å². The van der Waals surface area contributed by atoms with E-state index < -0.39 is 6.10 Å². The fourth-order valence-electron chi connectivity index (χ4n) is 2.50. The molecule has 1 aromatic carbocycles. The van der Waals surface area contributed by atoms with Gasteiger partial charge in [0.1, 0.15) is 17.7 Å². The summed E-state index contributed by atoms with van der Waals surface area (Å²) in [4.78, 5) is 12.2. The standard InChI is InChI=1S/C15H21FN2O3.ClH/c1-9(12-7-10(16)3-5-13(12)20-2)18-15(19)14-6-4-11(8-17)21-14;/h3,5,7,9,11,14H,4,6,8,17H2,1-2H3,(H,18,19);1H/t9?,11-,14+;/m1./s1. The summed E-state index contributed by atoms with van der Waals surface area (Å²) in [5.41, 5.74) is 6.12. The van der Waals surface area contributed by atoms with E-state index in [-0.39, 0.29) is 36.3 Å². The predicted molar refractivity (Wildman–Crippen MR) is 83.7 cm³/mol. The number of methoxy groups -OCH3 is 1. The van der Waals surface area contributed by atoms with Crippen LogP contribution in [0.1, 0.15) is 31.4 Å². The van der Waals surface area contributed by atoms with Crippen molar-refractivity contribution in [2.24, 2.45) is 5.73 Å². The number of ether oxygens (including phenoxy) is 2. The molecule has 1 aromatic rings. The maximum absolute atomic E-state index is 13.4. The molecule has 1 heterocycles. The number of nitrogens with two attached hydrogens (primary N) is 1. The van der Waals surface area contributed by atoms with Crippen LogP contribution in [0, 0.1) is 5.82 Å². The normalized spacial score (nSPS) is 21.8. The van der Waals surface area contributed by atoms with E-state index in [1.54, 1.807) is 13.0 Å². The first-order valence-electron chi connectivity index (χ1n) is 7.04. The minimum atomic E-state index is -0.486. The largest absolute Gasteiger partial charge is 0.496 e. The summed E-state index contributed by atoms with van der Waals surface area (Å²) in [6, 6.07) is 3.86. The fraction of sp³-hybridized carbons (Fsp3) is 0.533. The van der Waals surface area contributed by atoms with Gasteiger partial charge in [0.25, 0.3) is 0 Å². The average molecular weight is 333 g/mol. The van der Waals surface area contributed by atoms with Crippen LogP contribution in [0.5, 0.6) is 5.75 Å². The molecular formula is C15H22ClFN2O3. The van der Waals surface area contributed by atoms with Crippen molar-refractivity contribution in [1.82, 2.24) is 5.32 Å². The van der Waals surface area contributed by atoms with Crippen LogP contribution in [-0.2, 0) is 9.53 Å². The SMILES string of the molecule is COc1ccc(F)cc1C(C)NC(=O)[C@@H]1CC[C@H](CN)O1.Cl. The van der Waals surface area contributed by atoms with Crippen LogP contribution in [0.2, 0.25) is 0 Å². The van der Waals surface area contributed by atoms with Crippen molar-refractivity contribution in [3.05, 3.63) is 29.6 Å². The number of halogens is 2. The summed E-state index contributed by atoms with van der Waals surface area (Å²) in [6.07, 6.45) is 0.896. The van der Waals surface area contributed by atoms with Crippen LogP contribution in [0.3, 0.4) is 0 Å². The van der Waals surface area contributed by atoms with Gasteiger partial charge in [0.2, 0.25) is 5.91 Å². The van der Waals surface area contributed by atoms with Crippen molar-refractivity contribution < 1.29 is 18.7 Å². The molecule has 5 nitrogen and oxygen atoms in total. The molecule has 0 saturated carbocycles. The summed E-state index contributed by atoms with van der Waals surface area (Å²) in [5.74, 6) is -0.0339. The zero-order valence-corrected chi connectivity index (χ0v) is 13.5. The van der Waals surface area contributed by atoms with Gasteiger partial charge in [0.15, 0.2) is 0 Å². The number of nitrogens with one attached hydrogen (secondary N) is 1. The molecule has 0 radical (unpaired) electrons. The van der Waals surface area contributed by atoms with Crippen LogP contribution < -0.4 is 15.8 Å². The summed E-state index contributed by atoms with van der Waals surface area (Å²) >= 11 is 0. The van der Waals surface area contributed by atoms with Gasteiger partial charge in [-0.3, -0.25) is 4.79 Å². The minimum absolute atomic E-state index is 0. The number of hydrogen-bond donors (Lipinski definition) is 2. The minimum Gasteiger partial charge on any atom is -0.496 e. The average Bonchev–Trinajstić information content (AvgIpc) is 2.96. The van der Waals surface area contributed by atoms with Crippen molar-refractivity contribution in [2.45, 2.75) is 38.0 Å². The molecule has 1 aliphatic rings. The molecule has 3 atom stereocenters. The highest BCUT2D eigenvalue weighted by Crippen LogP contribution is 2.26. The topological polar surface area (TPSA) is 73.6 Å². The second-order valence-corrected chi connectivity index (χ2v) is 5.18. The van der Waals surface area contributed by atoms with Gasteiger partial charge in [-0.25, -0.2) is 4.39 Å². The molecule has 1 unspecified atom stereocenters. The first kappa shape index (κ1) is 18.7. The Morgan fingerprint density at radius 1 is 1.55 bits per heavy atom. The summed E-state index contributed by atoms with van der Waals surface area (Å²) in [6.45, 7) is 2.20. The zero-order valence-electron chi connectivity index (χ0n) is 12.7. The van der Waals surface area contributed by atoms with Crippen LogP contribution in [-0.4, -0.2) is 31.8 Å². The third-order valence-corrected chi connectivity index (χ3v) is 3.68. The molecule has 1 aliphatic heterocycles. The first-order valence-corrected chi connectivity index (χ1v) is 7.04. The van der Waals surface area contributed by atoms with E-state index in [0.717, 1.165) is 6.42 Å². The molecule has 1 fully saturated rings. The molecule has 0 spiro atoms. The van der Waals surface area contributed by atoms with Gasteiger partial charge in [-0.1, -0.05) is 0 Å². The van der Waals surface area contributed by atoms with Crippen LogP contribution in [0.25, 0.3) is 0 Å². The Morgan fingerprint density at radius 3 is 2.86 bits per heavy atom. The Kier molecular flexibility index (Phi) is 7.06. The van der Waals surface area contributed by atoms with Crippen molar-refractivity contribution in [3.63, 3.8) is 0 Å². The van der Waals surface area contributed by atoms with Gasteiger partial charge in [-0.05, 0) is 38.0 Å². The van der Waals surface area contributed by atoms with Crippen molar-refractivity contribution >= 4 is 18.3 Å². The highest BCUT2D eigenvalue weighted by molar-refractivity contribution is 5.85. The third-order valence-electron chi connectivity index (χ3n) is 3.68. The van der Waals surface area contributed by atoms with E-state index in [4.69, 9.17) is 15.2 Å². The molecule has 0 aromatic heterocycles. The lowest BCUT2D eigenvalue weighted by Crippen LogP contribution is -2.37. The van der Waals surface area contributed by atoms with E-state index in [1.165, 1.54) is 19.2 Å². The molecular weight excluding hydrogens is 311 g/mol. The van der Waals surface area contributed by atoms with Gasteiger partial charge >= 0.3 is 0 Å². The van der Waals surface area contributed by atoms with E-state index in [9.17, 15) is 9.18 Å². The monoisotopic (exact) mass is 332 g/mol. The van der Waals surface area contributed by atoms with Gasteiger partial charge in [0, 0.05) is 12.1 Å². The van der Waals surface area contributed by atoms with Crippen LogP contribution in [0.4, 0.5) is 4.39 Å². The highest BCUT2D eigenvalue weighted by Gasteiger charge is 2.30. The summed E-state index contributed by atoms with van der Waals surface area (Å²) in [7, 11) is 1.51. The Hall–Kier alpha value is -1.37. The molecule has 2 rings (SSSR count). The molecule has 1 saturated heterocycles. The van der Waals surface area contributed by atoms with Crippen molar-refractivity contribution in [1.29, 1.82) is 0 Å². The number of hydrogen-bond acceptors (Lipinski definition) is 4. The molecule has 3 N–H and O–H groups in total. The lowest BCUT2D eigenvalue weighted by atomic mass is 10.1. The first-order chi connectivity index (χ1) is 10.0. The van der Waals surface area contributed by atoms with E-state index >= 15 is 0 Å². The van der Waals surface area contributed by atoms with Crippen LogP contribution in [0.15, 0.2) is 18.2 Å². The second-order valence-electron chi connectivity index (χ2n) is 5.18. The maximum atomic E-state index is 13.4. The Balaban J connectivity index is 0.00000242. The molecule has 7 heteroatoms. The lowest BCUT2D eigenvalue weighted by Gasteiger charge is -2.20. The summed E-state index contributed by atoms with van der Waals surface area (Å²) < 4.78 is 24.1. The van der Waals surface area contributed by atoms with Gasteiger partial charge in [0.05, 0.1) is 19.3 Å². The zero-order chi connectivity index (χ0) is 15.4. The van der Waals surface area contributed by atoms with Gasteiger partial charge in [-0.15, -0.1) is 12.4 Å². The Labute approximate surface area is 135 Å². The fourth-order valence-corrected chi connectivity index (χ4v) is 2.50.